The van der Waals surface area contributed by atoms with Crippen molar-refractivity contribution < 1.29 is 23.0 Å². The Bertz CT molecular complexity index is 926. The first-order valence-electron chi connectivity index (χ1n) is 8.26. The molecular weight excluding hydrogens is 376 g/mol. The molecule has 2 amide bonds. The van der Waals surface area contributed by atoms with Crippen LogP contribution in [0.2, 0.25) is 0 Å². The smallest absolute Gasteiger partial charge is 0.329 e. The van der Waals surface area contributed by atoms with Gasteiger partial charge in [0.05, 0.1) is 37.0 Å². The summed E-state index contributed by atoms with van der Waals surface area (Å²) in [5.74, 6) is -1.41. The molecule has 0 spiro atoms. The van der Waals surface area contributed by atoms with Crippen LogP contribution in [-0.4, -0.2) is 38.0 Å². The maximum absolute atomic E-state index is 14.9. The van der Waals surface area contributed by atoms with Gasteiger partial charge in [0.2, 0.25) is 0 Å². The number of methoxy groups -OCH3 is 2. The summed E-state index contributed by atoms with van der Waals surface area (Å²) < 4.78 is 39.7. The summed E-state index contributed by atoms with van der Waals surface area (Å²) in [5, 5.41) is 0. The molecule has 0 fully saturated rings. The number of aryl methyl sites for hydroxylation is 1. The van der Waals surface area contributed by atoms with Gasteiger partial charge in [0.15, 0.2) is 23.1 Å². The summed E-state index contributed by atoms with van der Waals surface area (Å²) >= 11 is 1.64. The van der Waals surface area contributed by atoms with Crippen LogP contribution in [-0.2, 0) is 13.0 Å². The van der Waals surface area contributed by atoms with Crippen molar-refractivity contribution in [3.05, 3.63) is 35.2 Å². The Labute approximate surface area is 159 Å². The van der Waals surface area contributed by atoms with Gasteiger partial charge in [-0.1, -0.05) is 0 Å². The Kier molecular flexibility index (Phi) is 4.33. The number of amides is 2. The molecule has 0 saturated carbocycles. The number of aromatic nitrogens is 1. The molecule has 0 unspecified atom stereocenters. The Morgan fingerprint density at radius 3 is 2.44 bits per heavy atom. The summed E-state index contributed by atoms with van der Waals surface area (Å²) in [5.41, 5.74) is 1.94. The SMILES string of the molecule is COc1cc(OC)c(F)c(N2Cc3cnc4c(c3N(C)C2=O)SCC4)c1F. The number of hydrogen-bond acceptors (Lipinski definition) is 5. The molecule has 0 bridgehead atoms. The number of urea groups is 1. The van der Waals surface area contributed by atoms with E-state index in [0.29, 0.717) is 0 Å². The average Bonchev–Trinajstić information content (AvgIpc) is 3.14. The molecule has 3 heterocycles. The molecule has 0 aliphatic carbocycles. The quantitative estimate of drug-likeness (QED) is 0.798. The Balaban J connectivity index is 1.87. The molecule has 9 heteroatoms. The molecule has 4 rings (SSSR count). The lowest BCUT2D eigenvalue weighted by Crippen LogP contribution is -2.46. The Hall–Kier alpha value is -2.55. The second-order valence-corrected chi connectivity index (χ2v) is 7.30. The van der Waals surface area contributed by atoms with Crippen molar-refractivity contribution in [2.24, 2.45) is 0 Å². The fourth-order valence-corrected chi connectivity index (χ4v) is 4.65. The highest BCUT2D eigenvalue weighted by atomic mass is 32.2. The summed E-state index contributed by atoms with van der Waals surface area (Å²) in [6, 6.07) is 0.585. The third-order valence-electron chi connectivity index (χ3n) is 4.74. The third-order valence-corrected chi connectivity index (χ3v) is 5.87. The number of anilines is 2. The number of rotatable bonds is 3. The summed E-state index contributed by atoms with van der Waals surface area (Å²) in [6.45, 7) is 0.00348. The second kappa shape index (κ2) is 6.56. The van der Waals surface area contributed by atoms with Gasteiger partial charge in [-0.2, -0.15) is 0 Å². The molecule has 6 nitrogen and oxygen atoms in total. The largest absolute Gasteiger partial charge is 0.493 e. The monoisotopic (exact) mass is 393 g/mol. The number of thioether (sulfide) groups is 1. The van der Waals surface area contributed by atoms with Gasteiger partial charge in [-0.25, -0.2) is 13.6 Å². The Morgan fingerprint density at radius 1 is 1.15 bits per heavy atom. The minimum atomic E-state index is -0.954. The van der Waals surface area contributed by atoms with E-state index in [-0.39, 0.29) is 18.0 Å². The van der Waals surface area contributed by atoms with E-state index in [4.69, 9.17) is 9.47 Å². The van der Waals surface area contributed by atoms with E-state index in [1.54, 1.807) is 25.0 Å². The zero-order valence-electron chi connectivity index (χ0n) is 15.0. The summed E-state index contributed by atoms with van der Waals surface area (Å²) in [7, 11) is 4.13. The molecule has 1 aromatic heterocycles. The molecule has 0 N–H and O–H groups in total. The molecule has 2 aliphatic rings. The molecule has 2 aromatic rings. The van der Waals surface area contributed by atoms with Crippen LogP contribution in [0.5, 0.6) is 11.5 Å². The van der Waals surface area contributed by atoms with Crippen molar-refractivity contribution in [3.8, 4) is 11.5 Å². The summed E-state index contributed by atoms with van der Waals surface area (Å²) in [4.78, 5) is 20.9. The lowest BCUT2D eigenvalue weighted by Gasteiger charge is -2.36. The lowest BCUT2D eigenvalue weighted by molar-refractivity contribution is 0.250. The zero-order chi connectivity index (χ0) is 19.3. The van der Waals surface area contributed by atoms with E-state index >= 15 is 0 Å². The van der Waals surface area contributed by atoms with Crippen molar-refractivity contribution in [2.45, 2.75) is 17.9 Å². The van der Waals surface area contributed by atoms with E-state index in [1.165, 1.54) is 19.1 Å². The van der Waals surface area contributed by atoms with Gasteiger partial charge < -0.3 is 9.47 Å². The number of carbonyl (C=O) groups excluding carboxylic acids is 1. The van der Waals surface area contributed by atoms with Crippen LogP contribution in [0.25, 0.3) is 0 Å². The fourth-order valence-electron chi connectivity index (χ4n) is 3.42. The predicted octanol–water partition coefficient (Wildman–Crippen LogP) is 3.60. The van der Waals surface area contributed by atoms with Gasteiger partial charge in [0.25, 0.3) is 0 Å². The van der Waals surface area contributed by atoms with Crippen LogP contribution in [0.4, 0.5) is 25.0 Å². The third kappa shape index (κ3) is 2.60. The van der Waals surface area contributed by atoms with Gasteiger partial charge in [-0.05, 0) is 0 Å². The fraction of sp³-hybridized carbons (Fsp3) is 0.333. The number of nitrogens with zero attached hydrogens (tertiary/aromatic N) is 3. The number of ether oxygens (including phenoxy) is 2. The van der Waals surface area contributed by atoms with Crippen LogP contribution in [0.3, 0.4) is 0 Å². The first-order chi connectivity index (χ1) is 13.0. The van der Waals surface area contributed by atoms with Gasteiger partial charge >= 0.3 is 6.03 Å². The van der Waals surface area contributed by atoms with Crippen LogP contribution < -0.4 is 19.3 Å². The normalized spacial score (nSPS) is 15.7. The highest BCUT2D eigenvalue weighted by Gasteiger charge is 2.37. The van der Waals surface area contributed by atoms with Crippen LogP contribution in [0.1, 0.15) is 11.3 Å². The number of halogens is 2. The molecule has 0 atom stereocenters. The van der Waals surface area contributed by atoms with Crippen LogP contribution in [0, 0.1) is 11.6 Å². The highest BCUT2D eigenvalue weighted by Crippen LogP contribution is 2.45. The van der Waals surface area contributed by atoms with E-state index in [1.807, 2.05) is 0 Å². The number of pyridine rings is 1. The number of fused-ring (bicyclic) bond motifs is 3. The topological polar surface area (TPSA) is 54.9 Å². The summed E-state index contributed by atoms with van der Waals surface area (Å²) in [6.07, 6.45) is 2.51. The lowest BCUT2D eigenvalue weighted by atomic mass is 10.1. The maximum atomic E-state index is 14.9. The van der Waals surface area contributed by atoms with Crippen molar-refractivity contribution >= 4 is 29.2 Å². The zero-order valence-corrected chi connectivity index (χ0v) is 15.8. The van der Waals surface area contributed by atoms with Gasteiger partial charge in [0, 0.05) is 37.0 Å². The van der Waals surface area contributed by atoms with Gasteiger partial charge in [-0.15, -0.1) is 11.8 Å². The molecular formula is C18H17F2N3O3S. The van der Waals surface area contributed by atoms with Crippen molar-refractivity contribution in [1.29, 1.82) is 0 Å². The molecule has 2 aliphatic heterocycles. The number of carbonyl (C=O) groups is 1. The van der Waals surface area contributed by atoms with E-state index < -0.39 is 23.4 Å². The van der Waals surface area contributed by atoms with Gasteiger partial charge in [0.1, 0.15) is 5.69 Å². The van der Waals surface area contributed by atoms with E-state index in [9.17, 15) is 13.6 Å². The standard InChI is InChI=1S/C18H17F2N3O3S/c1-22-15-9(7-21-10-4-5-27-17(10)15)8-23(18(22)24)16-13(19)11(25-2)6-12(26-3)14(16)20/h6-7H,4-5,8H2,1-3H3. The Morgan fingerprint density at radius 2 is 1.81 bits per heavy atom. The van der Waals surface area contributed by atoms with E-state index in [2.05, 4.69) is 4.98 Å². The maximum Gasteiger partial charge on any atom is 0.329 e. The highest BCUT2D eigenvalue weighted by molar-refractivity contribution is 7.99. The predicted molar refractivity (Wildman–Crippen MR) is 98.1 cm³/mol. The second-order valence-electron chi connectivity index (χ2n) is 6.19. The van der Waals surface area contributed by atoms with Crippen molar-refractivity contribution in [1.82, 2.24) is 4.98 Å². The van der Waals surface area contributed by atoms with Crippen LogP contribution >= 0.6 is 11.8 Å². The van der Waals surface area contributed by atoms with E-state index in [0.717, 1.165) is 45.0 Å². The minimum absolute atomic E-state index is 0.00348. The van der Waals surface area contributed by atoms with Gasteiger partial charge in [-0.3, -0.25) is 14.8 Å². The molecule has 0 radical (unpaired) electrons. The molecule has 1 aromatic carbocycles. The number of hydrogen-bond donors (Lipinski definition) is 0. The minimum Gasteiger partial charge on any atom is -0.493 e. The molecule has 27 heavy (non-hydrogen) atoms. The van der Waals surface area contributed by atoms with Crippen LogP contribution in [0.15, 0.2) is 17.2 Å². The first-order valence-corrected chi connectivity index (χ1v) is 9.25. The number of benzene rings is 1. The first kappa shape index (κ1) is 17.8. The molecule has 0 saturated heterocycles. The molecule has 142 valence electrons. The average molecular weight is 393 g/mol. The van der Waals surface area contributed by atoms with Crippen molar-refractivity contribution in [3.63, 3.8) is 0 Å². The van der Waals surface area contributed by atoms with Crippen molar-refractivity contribution in [2.75, 3.05) is 36.8 Å².